The third kappa shape index (κ3) is 3.61. The molecule has 0 amide bonds. The van der Waals surface area contributed by atoms with E-state index in [1.807, 2.05) is 0 Å². The van der Waals surface area contributed by atoms with Gasteiger partial charge in [0.15, 0.2) is 0 Å². The minimum absolute atomic E-state index is 0.0291. The van der Waals surface area contributed by atoms with E-state index in [0.717, 1.165) is 0 Å². The van der Waals surface area contributed by atoms with Crippen LogP contribution in [0.1, 0.15) is 0 Å². The van der Waals surface area contributed by atoms with Crippen molar-refractivity contribution in [3.63, 3.8) is 0 Å². The van der Waals surface area contributed by atoms with Gasteiger partial charge in [0.25, 0.3) is 10.0 Å². The van der Waals surface area contributed by atoms with Gasteiger partial charge in [-0.05, 0) is 46.3 Å². The average molecular weight is 392 g/mol. The van der Waals surface area contributed by atoms with E-state index in [1.165, 1.54) is 19.2 Å². The van der Waals surface area contributed by atoms with Gasteiger partial charge >= 0.3 is 0 Å². The quantitative estimate of drug-likeness (QED) is 0.782. The summed E-state index contributed by atoms with van der Waals surface area (Å²) in [6, 6.07) is 9.21. The largest absolute Gasteiger partial charge is 0.497 e. The fraction of sp³-hybridized carbons (Fsp3) is 0.0769. The van der Waals surface area contributed by atoms with Gasteiger partial charge in [-0.25, -0.2) is 8.42 Å². The first-order chi connectivity index (χ1) is 9.83. The first-order valence-corrected chi connectivity index (χ1v) is 8.40. The Morgan fingerprint density at radius 3 is 2.62 bits per heavy atom. The molecule has 0 spiro atoms. The Morgan fingerprint density at radius 1 is 1.24 bits per heavy atom. The van der Waals surface area contributed by atoms with Crippen molar-refractivity contribution in [3.8, 4) is 5.75 Å². The Balaban J connectivity index is 2.44. The van der Waals surface area contributed by atoms with Crippen molar-refractivity contribution in [3.05, 3.63) is 45.9 Å². The molecule has 0 saturated carbocycles. The molecule has 2 rings (SSSR count). The summed E-state index contributed by atoms with van der Waals surface area (Å²) in [5, 5.41) is 0.263. The van der Waals surface area contributed by atoms with Gasteiger partial charge in [0.1, 0.15) is 10.6 Å². The maximum atomic E-state index is 12.4. The summed E-state index contributed by atoms with van der Waals surface area (Å²) in [7, 11) is -2.35. The van der Waals surface area contributed by atoms with E-state index in [2.05, 4.69) is 20.7 Å². The van der Waals surface area contributed by atoms with Crippen LogP contribution in [0.2, 0.25) is 5.02 Å². The lowest BCUT2D eigenvalue weighted by molar-refractivity contribution is 0.415. The summed E-state index contributed by atoms with van der Waals surface area (Å²) in [6.45, 7) is 0. The van der Waals surface area contributed by atoms with Crippen LogP contribution in [0.3, 0.4) is 0 Å². The maximum Gasteiger partial charge on any atom is 0.263 e. The number of anilines is 2. The van der Waals surface area contributed by atoms with E-state index < -0.39 is 10.0 Å². The fourth-order valence-corrected chi connectivity index (χ4v) is 3.93. The summed E-state index contributed by atoms with van der Waals surface area (Å²) < 4.78 is 32.7. The lowest BCUT2D eigenvalue weighted by atomic mass is 10.3. The monoisotopic (exact) mass is 390 g/mol. The molecule has 0 heterocycles. The standard InChI is InChI=1S/C13H12BrClN2O3S/c1-20-9-3-5-11(15)12(7-9)17-21(18,19)13-6-8(16)2-4-10(13)14/h2-7,17H,16H2,1H3. The minimum Gasteiger partial charge on any atom is -0.497 e. The molecular weight excluding hydrogens is 380 g/mol. The molecule has 0 saturated heterocycles. The number of nitrogen functional groups attached to an aromatic ring is 1. The molecule has 0 aromatic heterocycles. The summed E-state index contributed by atoms with van der Waals surface area (Å²) >= 11 is 9.19. The normalized spacial score (nSPS) is 11.2. The zero-order chi connectivity index (χ0) is 15.6. The van der Waals surface area contributed by atoms with Gasteiger partial charge in [0, 0.05) is 16.2 Å². The number of hydrogen-bond donors (Lipinski definition) is 2. The van der Waals surface area contributed by atoms with Crippen LogP contribution < -0.4 is 15.2 Å². The highest BCUT2D eigenvalue weighted by molar-refractivity contribution is 9.10. The van der Waals surface area contributed by atoms with Crippen molar-refractivity contribution in [2.45, 2.75) is 4.90 Å². The van der Waals surface area contributed by atoms with Crippen molar-refractivity contribution in [2.75, 3.05) is 17.6 Å². The molecule has 21 heavy (non-hydrogen) atoms. The van der Waals surface area contributed by atoms with Gasteiger partial charge in [-0.1, -0.05) is 11.6 Å². The molecule has 8 heteroatoms. The fourth-order valence-electron chi connectivity index (χ4n) is 1.64. The van der Waals surface area contributed by atoms with Crippen molar-refractivity contribution < 1.29 is 13.2 Å². The van der Waals surface area contributed by atoms with Gasteiger partial charge < -0.3 is 10.5 Å². The molecule has 3 N–H and O–H groups in total. The van der Waals surface area contributed by atoms with Crippen molar-refractivity contribution in [1.29, 1.82) is 0 Å². The Hall–Kier alpha value is -1.44. The SMILES string of the molecule is COc1ccc(Cl)c(NS(=O)(=O)c2cc(N)ccc2Br)c1. The molecule has 0 radical (unpaired) electrons. The lowest BCUT2D eigenvalue weighted by Gasteiger charge is -2.12. The molecule has 0 unspecified atom stereocenters. The van der Waals surface area contributed by atoms with Crippen LogP contribution in [0.5, 0.6) is 5.75 Å². The number of methoxy groups -OCH3 is 1. The second-order valence-electron chi connectivity index (χ2n) is 4.14. The number of ether oxygens (including phenoxy) is 1. The molecular formula is C13H12BrClN2O3S. The second kappa shape index (κ2) is 6.13. The van der Waals surface area contributed by atoms with Crippen molar-refractivity contribution >= 4 is 48.9 Å². The van der Waals surface area contributed by atoms with Crippen LogP contribution in [0.4, 0.5) is 11.4 Å². The molecule has 2 aromatic carbocycles. The molecule has 0 fully saturated rings. The number of nitrogens with one attached hydrogen (secondary N) is 1. The van der Waals surface area contributed by atoms with Crippen LogP contribution in [-0.2, 0) is 10.0 Å². The smallest absolute Gasteiger partial charge is 0.263 e. The van der Waals surface area contributed by atoms with E-state index in [-0.39, 0.29) is 15.6 Å². The predicted octanol–water partition coefficient (Wildman–Crippen LogP) is 3.49. The van der Waals surface area contributed by atoms with E-state index in [4.69, 9.17) is 22.1 Å². The Bertz CT molecular complexity index is 781. The highest BCUT2D eigenvalue weighted by Crippen LogP contribution is 2.31. The molecule has 0 bridgehead atoms. The molecule has 0 aliphatic heterocycles. The highest BCUT2D eigenvalue weighted by atomic mass is 79.9. The first-order valence-electron chi connectivity index (χ1n) is 5.75. The molecule has 2 aromatic rings. The second-order valence-corrected chi connectivity index (χ2v) is 7.05. The van der Waals surface area contributed by atoms with E-state index >= 15 is 0 Å². The lowest BCUT2D eigenvalue weighted by Crippen LogP contribution is -2.14. The first kappa shape index (κ1) is 15.9. The third-order valence-corrected chi connectivity index (χ3v) is 5.35. The zero-order valence-electron chi connectivity index (χ0n) is 10.9. The summed E-state index contributed by atoms with van der Waals surface area (Å²) in [6.07, 6.45) is 0. The summed E-state index contributed by atoms with van der Waals surface area (Å²) in [4.78, 5) is 0.0291. The van der Waals surface area contributed by atoms with E-state index in [0.29, 0.717) is 15.9 Å². The number of nitrogens with two attached hydrogens (primary N) is 1. The number of rotatable bonds is 4. The number of sulfonamides is 1. The molecule has 0 atom stereocenters. The number of halogens is 2. The topological polar surface area (TPSA) is 81.4 Å². The zero-order valence-corrected chi connectivity index (χ0v) is 14.1. The van der Waals surface area contributed by atoms with Crippen LogP contribution in [0.25, 0.3) is 0 Å². The van der Waals surface area contributed by atoms with Crippen LogP contribution >= 0.6 is 27.5 Å². The third-order valence-electron chi connectivity index (χ3n) is 2.66. The van der Waals surface area contributed by atoms with Gasteiger partial charge in [0.05, 0.1) is 17.8 Å². The van der Waals surface area contributed by atoms with E-state index in [9.17, 15) is 8.42 Å². The molecule has 0 aliphatic rings. The van der Waals surface area contributed by atoms with Gasteiger partial charge in [-0.3, -0.25) is 4.72 Å². The van der Waals surface area contributed by atoms with Gasteiger partial charge in [-0.15, -0.1) is 0 Å². The van der Waals surface area contributed by atoms with E-state index in [1.54, 1.807) is 24.3 Å². The molecule has 0 aliphatic carbocycles. The van der Waals surface area contributed by atoms with Crippen LogP contribution in [0, 0.1) is 0 Å². The average Bonchev–Trinajstić information content (AvgIpc) is 2.43. The Morgan fingerprint density at radius 2 is 1.95 bits per heavy atom. The molecule has 112 valence electrons. The highest BCUT2D eigenvalue weighted by Gasteiger charge is 2.19. The van der Waals surface area contributed by atoms with Crippen LogP contribution in [0.15, 0.2) is 45.8 Å². The van der Waals surface area contributed by atoms with Gasteiger partial charge in [0.2, 0.25) is 0 Å². The number of benzene rings is 2. The van der Waals surface area contributed by atoms with Crippen molar-refractivity contribution in [1.82, 2.24) is 0 Å². The van der Waals surface area contributed by atoms with Crippen LogP contribution in [-0.4, -0.2) is 15.5 Å². The number of hydrogen-bond acceptors (Lipinski definition) is 4. The van der Waals surface area contributed by atoms with Gasteiger partial charge in [-0.2, -0.15) is 0 Å². The minimum atomic E-state index is -3.83. The predicted molar refractivity (Wildman–Crippen MR) is 87.4 cm³/mol. The molecule has 5 nitrogen and oxygen atoms in total. The Labute approximate surface area is 136 Å². The Kier molecular flexibility index (Phi) is 4.65. The summed E-state index contributed by atoms with van der Waals surface area (Å²) in [5.74, 6) is 0.490. The summed E-state index contributed by atoms with van der Waals surface area (Å²) in [5.41, 5.74) is 6.20. The maximum absolute atomic E-state index is 12.4. The van der Waals surface area contributed by atoms with Crippen molar-refractivity contribution in [2.24, 2.45) is 0 Å².